The fourth-order valence-electron chi connectivity index (χ4n) is 3.82. The minimum absolute atomic E-state index is 0.0644. The van der Waals surface area contributed by atoms with Gasteiger partial charge in [0, 0.05) is 18.3 Å². The summed E-state index contributed by atoms with van der Waals surface area (Å²) in [6.45, 7) is 1.97. The summed E-state index contributed by atoms with van der Waals surface area (Å²) >= 11 is 0. The number of rotatable bonds is 3. The van der Waals surface area contributed by atoms with Gasteiger partial charge in [0.05, 0.1) is 6.04 Å². The summed E-state index contributed by atoms with van der Waals surface area (Å²) in [4.78, 5) is 19.8. The van der Waals surface area contributed by atoms with Gasteiger partial charge in [0.15, 0.2) is 0 Å². The third-order valence-corrected chi connectivity index (χ3v) is 4.92. The van der Waals surface area contributed by atoms with Crippen LogP contribution in [0.3, 0.4) is 0 Å². The minimum atomic E-state index is -0.0644. The number of aromatic amines is 1. The maximum absolute atomic E-state index is 12.5. The Morgan fingerprint density at radius 2 is 2.29 bits per heavy atom. The molecule has 4 nitrogen and oxygen atoms in total. The van der Waals surface area contributed by atoms with Crippen molar-refractivity contribution in [2.45, 2.75) is 31.7 Å². The number of aryl methyl sites for hydroxylation is 1. The Kier molecular flexibility index (Phi) is 2.84. The summed E-state index contributed by atoms with van der Waals surface area (Å²) in [6.07, 6.45) is 5.74. The fraction of sp³-hybridized carbons (Fsp3) is 0.412. The zero-order valence-corrected chi connectivity index (χ0v) is 12.0. The van der Waals surface area contributed by atoms with Crippen LogP contribution in [-0.2, 0) is 11.2 Å². The van der Waals surface area contributed by atoms with Crippen molar-refractivity contribution in [3.8, 4) is 0 Å². The molecule has 4 heteroatoms. The zero-order valence-electron chi connectivity index (χ0n) is 12.0. The van der Waals surface area contributed by atoms with Crippen molar-refractivity contribution in [3.63, 3.8) is 0 Å². The number of nitrogens with zero attached hydrogens (tertiary/aromatic N) is 1. The molecule has 1 aromatic carbocycles. The third-order valence-electron chi connectivity index (χ3n) is 4.92. The Labute approximate surface area is 124 Å². The first kappa shape index (κ1) is 12.6. The molecular weight excluding hydrogens is 262 g/mol. The van der Waals surface area contributed by atoms with E-state index in [4.69, 9.17) is 0 Å². The van der Waals surface area contributed by atoms with E-state index in [9.17, 15) is 4.79 Å². The lowest BCUT2D eigenvalue weighted by atomic mass is 9.92. The van der Waals surface area contributed by atoms with Gasteiger partial charge < -0.3 is 10.3 Å². The molecule has 0 saturated heterocycles. The SMILES string of the molecule is CC(NC(=O)C1C2CCc3ccccc3C21)c1ncc[nH]1. The number of hydrogen-bond donors (Lipinski definition) is 2. The van der Waals surface area contributed by atoms with E-state index in [0.717, 1.165) is 18.7 Å². The van der Waals surface area contributed by atoms with Crippen LogP contribution in [0.25, 0.3) is 0 Å². The molecule has 0 aliphatic heterocycles. The Hall–Kier alpha value is -2.10. The van der Waals surface area contributed by atoms with E-state index >= 15 is 0 Å². The van der Waals surface area contributed by atoms with Crippen LogP contribution in [-0.4, -0.2) is 15.9 Å². The monoisotopic (exact) mass is 281 g/mol. The molecule has 1 heterocycles. The molecule has 1 saturated carbocycles. The van der Waals surface area contributed by atoms with E-state index in [1.807, 2.05) is 6.92 Å². The maximum Gasteiger partial charge on any atom is 0.224 e. The summed E-state index contributed by atoms with van der Waals surface area (Å²) in [5.74, 6) is 2.09. The number of benzene rings is 1. The number of fused-ring (bicyclic) bond motifs is 3. The largest absolute Gasteiger partial charge is 0.347 e. The van der Waals surface area contributed by atoms with Crippen molar-refractivity contribution in [1.29, 1.82) is 0 Å². The highest BCUT2D eigenvalue weighted by atomic mass is 16.2. The molecule has 2 aromatic rings. The molecule has 2 aliphatic rings. The number of amides is 1. The molecule has 4 atom stereocenters. The molecule has 0 spiro atoms. The number of hydrogen-bond acceptors (Lipinski definition) is 2. The maximum atomic E-state index is 12.5. The summed E-state index contributed by atoms with van der Waals surface area (Å²) < 4.78 is 0. The predicted octanol–water partition coefficient (Wildman–Crippen LogP) is 2.56. The molecule has 1 fully saturated rings. The molecule has 0 bridgehead atoms. The average Bonchev–Trinajstić information content (AvgIpc) is 2.99. The van der Waals surface area contributed by atoms with Crippen molar-refractivity contribution < 1.29 is 4.79 Å². The highest BCUT2D eigenvalue weighted by Crippen LogP contribution is 2.59. The molecule has 2 aliphatic carbocycles. The predicted molar refractivity (Wildman–Crippen MR) is 79.6 cm³/mol. The number of H-pyrrole nitrogens is 1. The second kappa shape index (κ2) is 4.72. The molecule has 21 heavy (non-hydrogen) atoms. The zero-order chi connectivity index (χ0) is 14.4. The third kappa shape index (κ3) is 2.06. The van der Waals surface area contributed by atoms with Gasteiger partial charge in [-0.25, -0.2) is 4.98 Å². The van der Waals surface area contributed by atoms with Crippen molar-refractivity contribution in [2.24, 2.45) is 11.8 Å². The van der Waals surface area contributed by atoms with Gasteiger partial charge in [0.25, 0.3) is 0 Å². The van der Waals surface area contributed by atoms with Crippen molar-refractivity contribution in [2.75, 3.05) is 0 Å². The van der Waals surface area contributed by atoms with Gasteiger partial charge in [-0.15, -0.1) is 0 Å². The van der Waals surface area contributed by atoms with Gasteiger partial charge in [-0.1, -0.05) is 24.3 Å². The standard InChI is InChI=1S/C17H19N3O/c1-10(16-18-8-9-19-16)20-17(21)15-13-7-6-11-4-2-3-5-12(11)14(13)15/h2-5,8-10,13-15H,6-7H2,1H3,(H,18,19)(H,20,21). The summed E-state index contributed by atoms with van der Waals surface area (Å²) in [5, 5.41) is 3.10. The summed E-state index contributed by atoms with van der Waals surface area (Å²) in [6, 6.07) is 8.50. The van der Waals surface area contributed by atoms with Gasteiger partial charge in [-0.05, 0) is 42.7 Å². The van der Waals surface area contributed by atoms with Crippen LogP contribution in [0.15, 0.2) is 36.7 Å². The van der Waals surface area contributed by atoms with Crippen LogP contribution in [0.2, 0.25) is 0 Å². The minimum Gasteiger partial charge on any atom is -0.347 e. The molecule has 4 unspecified atom stereocenters. The van der Waals surface area contributed by atoms with Crippen molar-refractivity contribution >= 4 is 5.91 Å². The Morgan fingerprint density at radius 1 is 1.43 bits per heavy atom. The summed E-state index contributed by atoms with van der Waals surface area (Å²) in [5.41, 5.74) is 2.81. The second-order valence-corrected chi connectivity index (χ2v) is 6.16. The van der Waals surface area contributed by atoms with Gasteiger partial charge in [-0.2, -0.15) is 0 Å². The number of carbonyl (C=O) groups is 1. The quantitative estimate of drug-likeness (QED) is 0.908. The van der Waals surface area contributed by atoms with Crippen molar-refractivity contribution in [1.82, 2.24) is 15.3 Å². The van der Waals surface area contributed by atoms with Crippen LogP contribution in [0.4, 0.5) is 0 Å². The van der Waals surface area contributed by atoms with Crippen LogP contribution in [0.5, 0.6) is 0 Å². The lowest BCUT2D eigenvalue weighted by Gasteiger charge is -2.13. The molecule has 2 N–H and O–H groups in total. The smallest absolute Gasteiger partial charge is 0.224 e. The number of nitrogens with one attached hydrogen (secondary N) is 2. The number of aromatic nitrogens is 2. The van der Waals surface area contributed by atoms with Crippen LogP contribution in [0, 0.1) is 11.8 Å². The van der Waals surface area contributed by atoms with Gasteiger partial charge in [-0.3, -0.25) is 4.79 Å². The van der Waals surface area contributed by atoms with E-state index in [1.54, 1.807) is 12.4 Å². The first-order valence-corrected chi connectivity index (χ1v) is 7.63. The van der Waals surface area contributed by atoms with E-state index in [1.165, 1.54) is 11.1 Å². The summed E-state index contributed by atoms with van der Waals surface area (Å²) in [7, 11) is 0. The van der Waals surface area contributed by atoms with Gasteiger partial charge in [0.2, 0.25) is 5.91 Å². The first-order chi connectivity index (χ1) is 10.3. The lowest BCUT2D eigenvalue weighted by Crippen LogP contribution is -2.29. The molecule has 1 aromatic heterocycles. The highest BCUT2D eigenvalue weighted by Gasteiger charge is 2.57. The Morgan fingerprint density at radius 3 is 3.10 bits per heavy atom. The van der Waals surface area contributed by atoms with Crippen molar-refractivity contribution in [3.05, 3.63) is 53.6 Å². The topological polar surface area (TPSA) is 57.8 Å². The van der Waals surface area contributed by atoms with E-state index < -0.39 is 0 Å². The number of carbonyl (C=O) groups excluding carboxylic acids is 1. The van der Waals surface area contributed by atoms with Gasteiger partial charge in [0.1, 0.15) is 5.82 Å². The Bertz CT molecular complexity index is 664. The van der Waals surface area contributed by atoms with E-state index in [0.29, 0.717) is 11.8 Å². The average molecular weight is 281 g/mol. The lowest BCUT2D eigenvalue weighted by molar-refractivity contribution is -0.123. The molecule has 108 valence electrons. The highest BCUT2D eigenvalue weighted by molar-refractivity contribution is 5.84. The normalized spacial score (nSPS) is 27.4. The van der Waals surface area contributed by atoms with Crippen LogP contribution < -0.4 is 5.32 Å². The van der Waals surface area contributed by atoms with E-state index in [-0.39, 0.29) is 17.9 Å². The van der Waals surface area contributed by atoms with Crippen LogP contribution in [0.1, 0.15) is 42.3 Å². The van der Waals surface area contributed by atoms with E-state index in [2.05, 4.69) is 39.6 Å². The molecular formula is C17H19N3O. The van der Waals surface area contributed by atoms with Crippen LogP contribution >= 0.6 is 0 Å². The van der Waals surface area contributed by atoms with Gasteiger partial charge >= 0.3 is 0 Å². The molecule has 4 rings (SSSR count). The molecule has 1 amide bonds. The number of imidazole rings is 1. The first-order valence-electron chi connectivity index (χ1n) is 7.63. The Balaban J connectivity index is 1.48. The molecule has 0 radical (unpaired) electrons. The fourth-order valence-corrected chi connectivity index (χ4v) is 3.82. The second-order valence-electron chi connectivity index (χ2n) is 6.16.